The largest absolute Gasteiger partial charge is 0.480 e. The highest BCUT2D eigenvalue weighted by Crippen LogP contribution is 2.18. The molecule has 1 rings (SSSR count). The van der Waals surface area contributed by atoms with E-state index in [1.54, 1.807) is 11.8 Å². The molecule has 0 aromatic heterocycles. The van der Waals surface area contributed by atoms with Crippen LogP contribution in [0.25, 0.3) is 0 Å². The van der Waals surface area contributed by atoms with Gasteiger partial charge in [0, 0.05) is 19.3 Å². The second-order valence-corrected chi connectivity index (χ2v) is 4.74. The van der Waals surface area contributed by atoms with Crippen molar-refractivity contribution in [3.8, 4) is 0 Å². The third-order valence-electron chi connectivity index (χ3n) is 3.30. The van der Waals surface area contributed by atoms with Gasteiger partial charge in [0.15, 0.2) is 0 Å². The summed E-state index contributed by atoms with van der Waals surface area (Å²) in [6.45, 7) is 6.07. The predicted molar refractivity (Wildman–Crippen MR) is 79.1 cm³/mol. The smallest absolute Gasteiger partial charge is 0.326 e. The molecule has 5 heteroatoms. The molecule has 0 saturated heterocycles. The summed E-state index contributed by atoms with van der Waals surface area (Å²) in [6, 6.07) is 6.50. The predicted octanol–water partition coefficient (Wildman–Crippen LogP) is 2.74. The van der Waals surface area contributed by atoms with E-state index in [4.69, 9.17) is 5.11 Å². The molecule has 0 aliphatic carbocycles. The summed E-state index contributed by atoms with van der Waals surface area (Å²) in [5, 5.41) is 9.15. The van der Waals surface area contributed by atoms with Crippen LogP contribution in [0.5, 0.6) is 0 Å². The van der Waals surface area contributed by atoms with Crippen molar-refractivity contribution >= 4 is 17.7 Å². The summed E-state index contributed by atoms with van der Waals surface area (Å²) >= 11 is 0. The quantitative estimate of drug-likeness (QED) is 0.901. The lowest BCUT2D eigenvalue weighted by Gasteiger charge is -2.30. The zero-order valence-electron chi connectivity index (χ0n) is 12.5. The van der Waals surface area contributed by atoms with E-state index in [-0.39, 0.29) is 6.03 Å². The number of amides is 2. The fourth-order valence-corrected chi connectivity index (χ4v) is 2.16. The van der Waals surface area contributed by atoms with Crippen molar-refractivity contribution in [2.75, 3.05) is 18.5 Å². The normalized spacial score (nSPS) is 11.8. The molecule has 1 aromatic rings. The van der Waals surface area contributed by atoms with E-state index in [2.05, 4.69) is 0 Å². The Labute approximate surface area is 119 Å². The third kappa shape index (κ3) is 3.50. The van der Waals surface area contributed by atoms with Crippen LogP contribution in [0.2, 0.25) is 0 Å². The molecule has 0 radical (unpaired) electrons. The molecule has 1 aromatic carbocycles. The number of carbonyl (C=O) groups is 2. The number of hydrogen-bond acceptors (Lipinski definition) is 2. The number of likely N-dealkylation sites (N-methyl/N-ethyl adjacent to an activating group) is 1. The number of carboxylic acid groups (broad SMARTS) is 1. The van der Waals surface area contributed by atoms with Crippen LogP contribution in [-0.4, -0.2) is 41.6 Å². The second-order valence-electron chi connectivity index (χ2n) is 4.74. The van der Waals surface area contributed by atoms with E-state index >= 15 is 0 Å². The molecule has 0 bridgehead atoms. The molecule has 0 fully saturated rings. The highest BCUT2D eigenvalue weighted by atomic mass is 16.4. The molecule has 5 nitrogen and oxygen atoms in total. The maximum absolute atomic E-state index is 12.5. The lowest BCUT2D eigenvalue weighted by atomic mass is 10.2. The molecule has 1 unspecified atom stereocenters. The van der Waals surface area contributed by atoms with Gasteiger partial charge in [0.2, 0.25) is 0 Å². The zero-order valence-corrected chi connectivity index (χ0v) is 12.5. The van der Waals surface area contributed by atoms with Crippen LogP contribution in [0.3, 0.4) is 0 Å². The van der Waals surface area contributed by atoms with Crippen molar-refractivity contribution in [2.24, 2.45) is 0 Å². The first-order valence-corrected chi connectivity index (χ1v) is 6.76. The summed E-state index contributed by atoms with van der Waals surface area (Å²) in [5.74, 6) is -0.983. The van der Waals surface area contributed by atoms with E-state index in [1.807, 2.05) is 38.1 Å². The molecule has 0 aliphatic rings. The minimum absolute atomic E-state index is 0.299. The number of carboxylic acids is 1. The Morgan fingerprint density at radius 1 is 1.30 bits per heavy atom. The van der Waals surface area contributed by atoms with E-state index in [0.717, 1.165) is 11.3 Å². The maximum Gasteiger partial charge on any atom is 0.326 e. The number of aliphatic carboxylic acids is 1. The van der Waals surface area contributed by atoms with Crippen LogP contribution < -0.4 is 4.90 Å². The first-order valence-electron chi connectivity index (χ1n) is 6.76. The lowest BCUT2D eigenvalue weighted by molar-refractivity contribution is -0.141. The zero-order chi connectivity index (χ0) is 15.3. The van der Waals surface area contributed by atoms with Gasteiger partial charge < -0.3 is 10.0 Å². The number of benzene rings is 1. The van der Waals surface area contributed by atoms with Crippen molar-refractivity contribution in [1.29, 1.82) is 0 Å². The Morgan fingerprint density at radius 3 is 2.40 bits per heavy atom. The monoisotopic (exact) mass is 278 g/mol. The summed E-state index contributed by atoms with van der Waals surface area (Å²) in [4.78, 5) is 26.5. The van der Waals surface area contributed by atoms with Gasteiger partial charge in [-0.2, -0.15) is 0 Å². The molecular weight excluding hydrogens is 256 g/mol. The van der Waals surface area contributed by atoms with Crippen LogP contribution in [-0.2, 0) is 4.79 Å². The van der Waals surface area contributed by atoms with Crippen LogP contribution in [0, 0.1) is 6.92 Å². The highest BCUT2D eigenvalue weighted by Gasteiger charge is 2.28. The first-order chi connectivity index (χ1) is 9.42. The number of urea groups is 1. The van der Waals surface area contributed by atoms with Gasteiger partial charge in [-0.05, 0) is 38.0 Å². The Balaban J connectivity index is 3.00. The third-order valence-corrected chi connectivity index (χ3v) is 3.30. The number of rotatable bonds is 5. The Hall–Kier alpha value is -2.04. The van der Waals surface area contributed by atoms with E-state index in [0.29, 0.717) is 13.0 Å². The average Bonchev–Trinajstić information content (AvgIpc) is 2.39. The van der Waals surface area contributed by atoms with Crippen LogP contribution in [0.15, 0.2) is 24.3 Å². The van der Waals surface area contributed by atoms with Crippen molar-refractivity contribution < 1.29 is 14.7 Å². The number of hydrogen-bond donors (Lipinski definition) is 1. The fourth-order valence-electron chi connectivity index (χ4n) is 2.16. The van der Waals surface area contributed by atoms with Gasteiger partial charge in [0.05, 0.1) is 0 Å². The number of anilines is 1. The molecule has 1 atom stereocenters. The summed E-state index contributed by atoms with van der Waals surface area (Å²) in [5.41, 5.74) is 1.84. The Bertz CT molecular complexity index is 488. The summed E-state index contributed by atoms with van der Waals surface area (Å²) in [7, 11) is 1.53. The van der Waals surface area contributed by atoms with Gasteiger partial charge in [-0.15, -0.1) is 0 Å². The minimum atomic E-state index is -0.983. The topological polar surface area (TPSA) is 60.9 Å². The van der Waals surface area contributed by atoms with E-state index in [9.17, 15) is 9.59 Å². The summed E-state index contributed by atoms with van der Waals surface area (Å²) < 4.78 is 0. The highest BCUT2D eigenvalue weighted by molar-refractivity contribution is 5.94. The number of aryl methyl sites for hydroxylation is 1. The van der Waals surface area contributed by atoms with Gasteiger partial charge in [-0.25, -0.2) is 9.59 Å². The first kappa shape index (κ1) is 16.0. The lowest BCUT2D eigenvalue weighted by Crippen LogP contribution is -2.49. The second kappa shape index (κ2) is 6.93. The standard InChI is InChI=1S/C15H22N2O3/c1-5-13(14(18)19)16(4)15(20)17(6-2)12-9-7-8-11(3)10-12/h7-10,13H,5-6H2,1-4H3,(H,18,19). The van der Waals surface area contributed by atoms with Gasteiger partial charge in [-0.1, -0.05) is 19.1 Å². The molecule has 110 valence electrons. The van der Waals surface area contributed by atoms with Crippen molar-refractivity contribution in [1.82, 2.24) is 4.90 Å². The van der Waals surface area contributed by atoms with Crippen LogP contribution in [0.1, 0.15) is 25.8 Å². The number of carbonyl (C=O) groups excluding carboxylic acids is 1. The molecule has 0 heterocycles. The maximum atomic E-state index is 12.5. The molecule has 0 saturated carbocycles. The average molecular weight is 278 g/mol. The Morgan fingerprint density at radius 2 is 1.95 bits per heavy atom. The van der Waals surface area contributed by atoms with Crippen molar-refractivity contribution in [3.63, 3.8) is 0 Å². The SMILES string of the molecule is CCC(C(=O)O)N(C)C(=O)N(CC)c1cccc(C)c1. The van der Waals surface area contributed by atoms with Crippen LogP contribution in [0.4, 0.5) is 10.5 Å². The molecule has 2 amide bonds. The molecule has 1 N–H and O–H groups in total. The van der Waals surface area contributed by atoms with E-state index < -0.39 is 12.0 Å². The molecule has 0 spiro atoms. The molecule has 0 aliphatic heterocycles. The van der Waals surface area contributed by atoms with E-state index in [1.165, 1.54) is 11.9 Å². The number of nitrogens with zero attached hydrogens (tertiary/aromatic N) is 2. The molecule has 20 heavy (non-hydrogen) atoms. The molecular formula is C15H22N2O3. The van der Waals surface area contributed by atoms with Crippen molar-refractivity contribution in [3.05, 3.63) is 29.8 Å². The van der Waals surface area contributed by atoms with Crippen molar-refractivity contribution in [2.45, 2.75) is 33.2 Å². The van der Waals surface area contributed by atoms with Gasteiger partial charge in [-0.3, -0.25) is 4.90 Å². The minimum Gasteiger partial charge on any atom is -0.480 e. The van der Waals surface area contributed by atoms with Gasteiger partial charge in [0.25, 0.3) is 0 Å². The van der Waals surface area contributed by atoms with Gasteiger partial charge >= 0.3 is 12.0 Å². The summed E-state index contributed by atoms with van der Waals surface area (Å²) in [6.07, 6.45) is 0.378. The van der Waals surface area contributed by atoms with Gasteiger partial charge in [0.1, 0.15) is 6.04 Å². The van der Waals surface area contributed by atoms with Crippen LogP contribution >= 0.6 is 0 Å². The fraction of sp³-hybridized carbons (Fsp3) is 0.467. The Kier molecular flexibility index (Phi) is 5.55.